The number of carbonyl (C=O) groups excluding carboxylic acids is 1. The Morgan fingerprint density at radius 3 is 2.79 bits per heavy atom. The summed E-state index contributed by atoms with van der Waals surface area (Å²) in [5.74, 6) is 0.419. The number of nitrogens with two attached hydrogens (primary N) is 2. The van der Waals surface area contributed by atoms with Gasteiger partial charge < -0.3 is 20.9 Å². The van der Waals surface area contributed by atoms with Crippen LogP contribution in [0.15, 0.2) is 30.6 Å². The average Bonchev–Trinajstić information content (AvgIpc) is 2.74. The van der Waals surface area contributed by atoms with E-state index in [1.165, 1.54) is 0 Å². The van der Waals surface area contributed by atoms with Gasteiger partial charge in [-0.05, 0) is 18.2 Å². The van der Waals surface area contributed by atoms with Gasteiger partial charge in [0.05, 0.1) is 17.8 Å². The maximum atomic E-state index is 11.4. The molecular formula is C13H17N5O. The van der Waals surface area contributed by atoms with E-state index in [1.54, 1.807) is 24.4 Å². The van der Waals surface area contributed by atoms with Crippen LogP contribution in [0.2, 0.25) is 0 Å². The molecule has 6 heteroatoms. The molecule has 19 heavy (non-hydrogen) atoms. The molecule has 0 spiro atoms. The Labute approximate surface area is 111 Å². The van der Waals surface area contributed by atoms with Crippen LogP contribution in [-0.4, -0.2) is 22.5 Å². The molecule has 0 aliphatic heterocycles. The number of carbonyl (C=O) groups is 1. The Kier molecular flexibility index (Phi) is 3.41. The van der Waals surface area contributed by atoms with Gasteiger partial charge in [-0.1, -0.05) is 0 Å². The Hall–Kier alpha value is -2.50. The number of hydrogen-bond acceptors (Lipinski definition) is 4. The van der Waals surface area contributed by atoms with Crippen molar-refractivity contribution in [2.24, 2.45) is 12.8 Å². The van der Waals surface area contributed by atoms with E-state index in [4.69, 9.17) is 11.5 Å². The predicted molar refractivity (Wildman–Crippen MR) is 74.7 cm³/mol. The number of benzene rings is 1. The van der Waals surface area contributed by atoms with Crippen molar-refractivity contribution >= 4 is 17.3 Å². The third-order valence-electron chi connectivity index (χ3n) is 3.00. The lowest BCUT2D eigenvalue weighted by Gasteiger charge is -2.21. The second kappa shape index (κ2) is 5.01. The summed E-state index contributed by atoms with van der Waals surface area (Å²) in [5, 5.41) is 0. The van der Waals surface area contributed by atoms with Gasteiger partial charge in [-0.3, -0.25) is 4.79 Å². The summed E-state index contributed by atoms with van der Waals surface area (Å²) in [6.07, 6.45) is 3.61. The number of primary amides is 1. The number of hydrogen-bond donors (Lipinski definition) is 2. The normalized spacial score (nSPS) is 10.4. The van der Waals surface area contributed by atoms with E-state index < -0.39 is 5.91 Å². The van der Waals surface area contributed by atoms with E-state index >= 15 is 0 Å². The average molecular weight is 259 g/mol. The lowest BCUT2D eigenvalue weighted by Crippen LogP contribution is -2.23. The van der Waals surface area contributed by atoms with Crippen LogP contribution in [-0.2, 0) is 13.6 Å². The zero-order chi connectivity index (χ0) is 14.0. The van der Waals surface area contributed by atoms with E-state index in [9.17, 15) is 4.79 Å². The van der Waals surface area contributed by atoms with Crippen LogP contribution in [0.3, 0.4) is 0 Å². The highest BCUT2D eigenvalue weighted by atomic mass is 16.1. The number of imidazole rings is 1. The summed E-state index contributed by atoms with van der Waals surface area (Å²) in [5.41, 5.74) is 12.9. The van der Waals surface area contributed by atoms with E-state index in [2.05, 4.69) is 4.98 Å². The maximum Gasteiger partial charge on any atom is 0.250 e. The lowest BCUT2D eigenvalue weighted by atomic mass is 10.1. The number of anilines is 2. The summed E-state index contributed by atoms with van der Waals surface area (Å²) in [6, 6.07) is 5.04. The molecule has 0 radical (unpaired) electrons. The molecule has 0 bridgehead atoms. The van der Waals surface area contributed by atoms with Gasteiger partial charge in [0.1, 0.15) is 5.82 Å². The molecule has 0 aliphatic rings. The second-order valence-corrected chi connectivity index (χ2v) is 4.45. The first-order valence-corrected chi connectivity index (χ1v) is 5.85. The van der Waals surface area contributed by atoms with Crippen LogP contribution in [0.25, 0.3) is 0 Å². The molecule has 0 saturated carbocycles. The van der Waals surface area contributed by atoms with E-state index in [-0.39, 0.29) is 0 Å². The smallest absolute Gasteiger partial charge is 0.250 e. The highest BCUT2D eigenvalue weighted by molar-refractivity contribution is 5.99. The van der Waals surface area contributed by atoms with Gasteiger partial charge in [0.25, 0.3) is 5.91 Å². The minimum atomic E-state index is -0.471. The number of aromatic nitrogens is 2. The standard InChI is InChI=1S/C13H17N5O/c1-17-6-5-16-12(17)8-18(2)11-7-9(14)3-4-10(11)13(15)19/h3-7H,8,14H2,1-2H3,(H2,15,19). The van der Waals surface area contributed by atoms with Gasteiger partial charge in [0, 0.05) is 32.2 Å². The van der Waals surface area contributed by atoms with E-state index in [1.807, 2.05) is 29.8 Å². The lowest BCUT2D eigenvalue weighted by molar-refractivity contribution is 0.100. The van der Waals surface area contributed by atoms with Gasteiger partial charge in [0.2, 0.25) is 0 Å². The van der Waals surface area contributed by atoms with Crippen LogP contribution in [0.1, 0.15) is 16.2 Å². The quantitative estimate of drug-likeness (QED) is 0.792. The third-order valence-corrected chi connectivity index (χ3v) is 3.00. The molecule has 2 aromatic rings. The number of amides is 1. The maximum absolute atomic E-state index is 11.4. The topological polar surface area (TPSA) is 90.2 Å². The Balaban J connectivity index is 2.32. The Morgan fingerprint density at radius 2 is 2.21 bits per heavy atom. The summed E-state index contributed by atoms with van der Waals surface area (Å²) < 4.78 is 1.92. The van der Waals surface area contributed by atoms with Crippen LogP contribution in [0, 0.1) is 0 Å². The minimum absolute atomic E-state index is 0.450. The molecule has 0 saturated heterocycles. The molecule has 1 heterocycles. The molecule has 4 N–H and O–H groups in total. The van der Waals surface area contributed by atoms with Crippen LogP contribution >= 0.6 is 0 Å². The van der Waals surface area contributed by atoms with E-state index in [0.717, 1.165) is 5.82 Å². The first kappa shape index (κ1) is 12.9. The van der Waals surface area contributed by atoms with Crippen molar-refractivity contribution in [3.63, 3.8) is 0 Å². The Morgan fingerprint density at radius 1 is 1.47 bits per heavy atom. The summed E-state index contributed by atoms with van der Waals surface area (Å²) in [4.78, 5) is 17.6. The predicted octanol–water partition coefficient (Wildman–Crippen LogP) is 0.738. The van der Waals surface area contributed by atoms with Crippen LogP contribution in [0.5, 0.6) is 0 Å². The number of rotatable bonds is 4. The summed E-state index contributed by atoms with van der Waals surface area (Å²) in [7, 11) is 3.79. The van der Waals surface area contributed by atoms with Crippen molar-refractivity contribution in [2.45, 2.75) is 6.54 Å². The molecule has 6 nitrogen and oxygen atoms in total. The monoisotopic (exact) mass is 259 g/mol. The molecule has 0 atom stereocenters. The molecule has 1 aromatic carbocycles. The van der Waals surface area contributed by atoms with Gasteiger partial charge in [-0.25, -0.2) is 4.98 Å². The largest absolute Gasteiger partial charge is 0.399 e. The van der Waals surface area contributed by atoms with Gasteiger partial charge in [-0.15, -0.1) is 0 Å². The number of nitrogen functional groups attached to an aromatic ring is 1. The summed E-state index contributed by atoms with van der Waals surface area (Å²) >= 11 is 0. The molecule has 2 rings (SSSR count). The van der Waals surface area contributed by atoms with Crippen molar-refractivity contribution in [2.75, 3.05) is 17.7 Å². The van der Waals surface area contributed by atoms with Crippen molar-refractivity contribution in [1.82, 2.24) is 9.55 Å². The van der Waals surface area contributed by atoms with E-state index in [0.29, 0.717) is 23.5 Å². The fourth-order valence-corrected chi connectivity index (χ4v) is 1.92. The fourth-order valence-electron chi connectivity index (χ4n) is 1.92. The molecule has 100 valence electrons. The van der Waals surface area contributed by atoms with Crippen molar-refractivity contribution in [1.29, 1.82) is 0 Å². The van der Waals surface area contributed by atoms with Gasteiger partial charge in [0.15, 0.2) is 0 Å². The van der Waals surface area contributed by atoms with Gasteiger partial charge >= 0.3 is 0 Å². The van der Waals surface area contributed by atoms with Crippen molar-refractivity contribution in [3.8, 4) is 0 Å². The molecule has 1 aromatic heterocycles. The third kappa shape index (κ3) is 2.67. The van der Waals surface area contributed by atoms with Crippen LogP contribution < -0.4 is 16.4 Å². The van der Waals surface area contributed by atoms with Crippen LogP contribution in [0.4, 0.5) is 11.4 Å². The molecular weight excluding hydrogens is 242 g/mol. The van der Waals surface area contributed by atoms with Gasteiger partial charge in [-0.2, -0.15) is 0 Å². The summed E-state index contributed by atoms with van der Waals surface area (Å²) in [6.45, 7) is 0.563. The number of aryl methyl sites for hydroxylation is 1. The first-order valence-electron chi connectivity index (χ1n) is 5.85. The highest BCUT2D eigenvalue weighted by Gasteiger charge is 2.14. The second-order valence-electron chi connectivity index (χ2n) is 4.45. The first-order chi connectivity index (χ1) is 8.99. The van der Waals surface area contributed by atoms with Crippen molar-refractivity contribution < 1.29 is 4.79 Å². The fraction of sp³-hybridized carbons (Fsp3) is 0.231. The molecule has 0 aliphatic carbocycles. The minimum Gasteiger partial charge on any atom is -0.399 e. The number of nitrogens with zero attached hydrogens (tertiary/aromatic N) is 3. The zero-order valence-electron chi connectivity index (χ0n) is 11.0. The highest BCUT2D eigenvalue weighted by Crippen LogP contribution is 2.23. The molecule has 0 fully saturated rings. The van der Waals surface area contributed by atoms with Crippen molar-refractivity contribution in [3.05, 3.63) is 42.0 Å². The Bertz CT molecular complexity index is 605. The SMILES string of the molecule is CN(Cc1nccn1C)c1cc(N)ccc1C(N)=O. The molecule has 0 unspecified atom stereocenters. The zero-order valence-corrected chi connectivity index (χ0v) is 11.0. The molecule has 1 amide bonds.